The largest absolute Gasteiger partial charge is 0.354 e. The SMILES string of the molecule is CC(=O)N(CCNC(=O)CC(C)C)c1ccc(C(C)(C)C)cc1. The summed E-state index contributed by atoms with van der Waals surface area (Å²) in [6.07, 6.45) is 0.514. The van der Waals surface area contributed by atoms with Crippen molar-refractivity contribution in [2.75, 3.05) is 18.0 Å². The van der Waals surface area contributed by atoms with Gasteiger partial charge in [-0.25, -0.2) is 0 Å². The van der Waals surface area contributed by atoms with Gasteiger partial charge in [0, 0.05) is 32.1 Å². The van der Waals surface area contributed by atoms with Crippen LogP contribution in [0.1, 0.15) is 53.5 Å². The minimum atomic E-state index is -0.0217. The molecule has 0 atom stereocenters. The Bertz CT molecular complexity index is 527. The number of carbonyl (C=O) groups is 2. The molecule has 1 N–H and O–H groups in total. The molecule has 0 saturated heterocycles. The van der Waals surface area contributed by atoms with Crippen LogP contribution < -0.4 is 10.2 Å². The molecule has 4 nitrogen and oxygen atoms in total. The van der Waals surface area contributed by atoms with Crippen molar-refractivity contribution in [3.05, 3.63) is 29.8 Å². The first-order valence-electron chi connectivity index (χ1n) is 8.26. The first-order valence-corrected chi connectivity index (χ1v) is 8.26. The number of nitrogens with zero attached hydrogens (tertiary/aromatic N) is 1. The minimum Gasteiger partial charge on any atom is -0.354 e. The fourth-order valence-electron chi connectivity index (χ4n) is 2.36. The van der Waals surface area contributed by atoms with Crippen molar-refractivity contribution in [1.82, 2.24) is 5.32 Å². The lowest BCUT2D eigenvalue weighted by atomic mass is 9.87. The molecule has 0 aliphatic carbocycles. The molecule has 1 aromatic carbocycles. The summed E-state index contributed by atoms with van der Waals surface area (Å²) in [5.41, 5.74) is 2.18. The van der Waals surface area contributed by atoms with Crippen molar-refractivity contribution < 1.29 is 9.59 Å². The first-order chi connectivity index (χ1) is 10.6. The van der Waals surface area contributed by atoms with Gasteiger partial charge in [0.25, 0.3) is 0 Å². The number of hydrogen-bond acceptors (Lipinski definition) is 2. The van der Waals surface area contributed by atoms with Gasteiger partial charge in [-0.3, -0.25) is 9.59 Å². The van der Waals surface area contributed by atoms with Crippen LogP contribution in [-0.4, -0.2) is 24.9 Å². The van der Waals surface area contributed by atoms with Gasteiger partial charge in [0.05, 0.1) is 0 Å². The molecule has 0 aliphatic heterocycles. The van der Waals surface area contributed by atoms with Gasteiger partial charge < -0.3 is 10.2 Å². The minimum absolute atomic E-state index is 0.0217. The number of hydrogen-bond donors (Lipinski definition) is 1. The summed E-state index contributed by atoms with van der Waals surface area (Å²) < 4.78 is 0. The molecule has 0 aliphatic rings. The van der Waals surface area contributed by atoms with Crippen LogP contribution >= 0.6 is 0 Å². The second kappa shape index (κ2) is 8.14. The molecule has 1 rings (SSSR count). The summed E-state index contributed by atoms with van der Waals surface area (Å²) in [5, 5.41) is 2.87. The van der Waals surface area contributed by atoms with E-state index in [9.17, 15) is 9.59 Å². The van der Waals surface area contributed by atoms with Crippen LogP contribution in [0.4, 0.5) is 5.69 Å². The van der Waals surface area contributed by atoms with Gasteiger partial charge >= 0.3 is 0 Å². The molecule has 2 amide bonds. The van der Waals surface area contributed by atoms with E-state index in [0.29, 0.717) is 25.4 Å². The summed E-state index contributed by atoms with van der Waals surface area (Å²) in [6, 6.07) is 8.06. The topological polar surface area (TPSA) is 49.4 Å². The standard InChI is InChI=1S/C19H30N2O2/c1-14(2)13-18(23)20-11-12-21(15(3)22)17-9-7-16(8-10-17)19(4,5)6/h7-10,14H,11-13H2,1-6H3,(H,20,23). The van der Waals surface area contributed by atoms with Gasteiger partial charge in [0.2, 0.25) is 11.8 Å². The normalized spacial score (nSPS) is 11.4. The predicted molar refractivity (Wildman–Crippen MR) is 95.6 cm³/mol. The Balaban J connectivity index is 2.68. The van der Waals surface area contributed by atoms with Gasteiger partial charge in [-0.05, 0) is 29.0 Å². The van der Waals surface area contributed by atoms with Crippen LogP contribution in [-0.2, 0) is 15.0 Å². The van der Waals surface area contributed by atoms with E-state index in [0.717, 1.165) is 5.69 Å². The monoisotopic (exact) mass is 318 g/mol. The molecule has 23 heavy (non-hydrogen) atoms. The van der Waals surface area contributed by atoms with Gasteiger partial charge in [-0.15, -0.1) is 0 Å². The van der Waals surface area contributed by atoms with Crippen molar-refractivity contribution in [2.45, 2.75) is 53.4 Å². The molecule has 0 fully saturated rings. The second-order valence-corrected chi connectivity index (χ2v) is 7.42. The maximum absolute atomic E-state index is 11.9. The Labute approximate surface area is 140 Å². The Morgan fingerprint density at radius 2 is 1.70 bits per heavy atom. The Hall–Kier alpha value is -1.84. The molecule has 0 heterocycles. The summed E-state index contributed by atoms with van der Waals surface area (Å²) in [6.45, 7) is 13.0. The molecule has 0 spiro atoms. The summed E-state index contributed by atoms with van der Waals surface area (Å²) >= 11 is 0. The first kappa shape index (κ1) is 19.2. The number of anilines is 1. The lowest BCUT2D eigenvalue weighted by Gasteiger charge is -2.24. The van der Waals surface area contributed by atoms with Crippen LogP contribution in [0.3, 0.4) is 0 Å². The zero-order chi connectivity index (χ0) is 17.6. The van der Waals surface area contributed by atoms with Crippen LogP contribution in [0.15, 0.2) is 24.3 Å². The van der Waals surface area contributed by atoms with Gasteiger partial charge in [-0.1, -0.05) is 46.8 Å². The highest BCUT2D eigenvalue weighted by molar-refractivity contribution is 5.91. The van der Waals surface area contributed by atoms with Crippen LogP contribution in [0.5, 0.6) is 0 Å². The van der Waals surface area contributed by atoms with E-state index in [2.05, 4.69) is 38.2 Å². The highest BCUT2D eigenvalue weighted by Crippen LogP contribution is 2.24. The van der Waals surface area contributed by atoms with E-state index in [-0.39, 0.29) is 17.2 Å². The van der Waals surface area contributed by atoms with E-state index in [1.54, 1.807) is 11.8 Å². The Kier molecular flexibility index (Phi) is 6.79. The zero-order valence-corrected chi connectivity index (χ0v) is 15.3. The quantitative estimate of drug-likeness (QED) is 0.872. The average Bonchev–Trinajstić information content (AvgIpc) is 2.41. The molecule has 1 aromatic rings. The molecular weight excluding hydrogens is 288 g/mol. The highest BCUT2D eigenvalue weighted by atomic mass is 16.2. The van der Waals surface area contributed by atoms with E-state index in [1.807, 2.05) is 26.0 Å². The van der Waals surface area contributed by atoms with Gasteiger partial charge in [0.1, 0.15) is 0 Å². The number of nitrogens with one attached hydrogen (secondary N) is 1. The maximum Gasteiger partial charge on any atom is 0.223 e. The fourth-order valence-corrected chi connectivity index (χ4v) is 2.36. The number of rotatable bonds is 6. The van der Waals surface area contributed by atoms with Crippen molar-refractivity contribution in [3.63, 3.8) is 0 Å². The van der Waals surface area contributed by atoms with Crippen LogP contribution in [0.25, 0.3) is 0 Å². The van der Waals surface area contributed by atoms with Crippen molar-refractivity contribution in [2.24, 2.45) is 5.92 Å². The lowest BCUT2D eigenvalue weighted by molar-refractivity contribution is -0.122. The van der Waals surface area contributed by atoms with Crippen LogP contribution in [0, 0.1) is 5.92 Å². The second-order valence-electron chi connectivity index (χ2n) is 7.42. The molecule has 0 saturated carbocycles. The van der Waals surface area contributed by atoms with Crippen molar-refractivity contribution in [1.29, 1.82) is 0 Å². The fraction of sp³-hybridized carbons (Fsp3) is 0.579. The van der Waals surface area contributed by atoms with E-state index < -0.39 is 0 Å². The summed E-state index contributed by atoms with van der Waals surface area (Å²) in [4.78, 5) is 25.3. The maximum atomic E-state index is 11.9. The van der Waals surface area contributed by atoms with E-state index in [4.69, 9.17) is 0 Å². The predicted octanol–water partition coefficient (Wildman–Crippen LogP) is 3.50. The van der Waals surface area contributed by atoms with E-state index >= 15 is 0 Å². The molecule has 0 aromatic heterocycles. The van der Waals surface area contributed by atoms with Gasteiger partial charge in [-0.2, -0.15) is 0 Å². The third-order valence-corrected chi connectivity index (χ3v) is 3.68. The molecule has 0 bridgehead atoms. The van der Waals surface area contributed by atoms with Crippen molar-refractivity contribution >= 4 is 17.5 Å². The smallest absolute Gasteiger partial charge is 0.223 e. The third kappa shape index (κ3) is 6.43. The molecule has 0 radical (unpaired) electrons. The molecular formula is C19H30N2O2. The van der Waals surface area contributed by atoms with Crippen LogP contribution in [0.2, 0.25) is 0 Å². The van der Waals surface area contributed by atoms with Crippen molar-refractivity contribution in [3.8, 4) is 0 Å². The van der Waals surface area contributed by atoms with E-state index in [1.165, 1.54) is 5.56 Å². The van der Waals surface area contributed by atoms with Gasteiger partial charge in [0.15, 0.2) is 0 Å². The Morgan fingerprint density at radius 1 is 1.13 bits per heavy atom. The summed E-state index contributed by atoms with van der Waals surface area (Å²) in [7, 11) is 0. The number of carbonyl (C=O) groups excluding carboxylic acids is 2. The third-order valence-electron chi connectivity index (χ3n) is 3.68. The molecule has 4 heteroatoms. The Morgan fingerprint density at radius 3 is 2.13 bits per heavy atom. The summed E-state index contributed by atoms with van der Waals surface area (Å²) in [5.74, 6) is 0.349. The lowest BCUT2D eigenvalue weighted by Crippen LogP contribution is -2.37. The average molecular weight is 318 g/mol. The highest BCUT2D eigenvalue weighted by Gasteiger charge is 2.16. The molecule has 0 unspecified atom stereocenters. The zero-order valence-electron chi connectivity index (χ0n) is 15.3. The molecule has 128 valence electrons. The number of amides is 2. The number of benzene rings is 1.